The zero-order valence-corrected chi connectivity index (χ0v) is 28.6. The van der Waals surface area contributed by atoms with Gasteiger partial charge >= 0.3 is 0 Å². The van der Waals surface area contributed by atoms with Crippen molar-refractivity contribution in [2.24, 2.45) is 0 Å². The second-order valence-electron chi connectivity index (χ2n) is 13.0. The number of hydrogen-bond donors (Lipinski definition) is 0. The molecule has 9 rings (SSSR count). The first-order chi connectivity index (χ1) is 23.9. The van der Waals surface area contributed by atoms with Gasteiger partial charge in [0, 0.05) is 52.1 Å². The van der Waals surface area contributed by atoms with Crippen molar-refractivity contribution in [3.8, 4) is 51.1 Å². The molecule has 0 saturated heterocycles. The molecule has 0 unspecified atom stereocenters. The van der Waals surface area contributed by atoms with E-state index in [1.54, 1.807) is 11.8 Å². The van der Waals surface area contributed by atoms with Gasteiger partial charge in [-0.15, -0.1) is 11.3 Å². The lowest BCUT2D eigenvalue weighted by molar-refractivity contribution is 0.607. The second-order valence-corrected chi connectivity index (χ2v) is 15.1. The predicted octanol–water partition coefficient (Wildman–Crippen LogP) is 12.2. The standard InChI is InChI=1S/C44H29N3S2/c1-44(2)35-19-15-27(26-45)21-42(35)49-40-20-17-30(23-36(40)44)29-11-8-12-31(22-29)37-25-38(47-43(46-37)28-9-4-3-5-10-28)32-16-18-34-33-13-6-7-14-39(33)48-41(34)24-32/h3-25H,1-2H3. The molecule has 0 fully saturated rings. The molecule has 2 aromatic heterocycles. The lowest BCUT2D eigenvalue weighted by atomic mass is 9.76. The van der Waals surface area contributed by atoms with E-state index >= 15 is 0 Å². The van der Waals surface area contributed by atoms with Gasteiger partial charge in [-0.1, -0.05) is 117 Å². The molecule has 0 bridgehead atoms. The first-order valence-corrected chi connectivity index (χ1v) is 17.9. The summed E-state index contributed by atoms with van der Waals surface area (Å²) in [6, 6.07) is 51.4. The van der Waals surface area contributed by atoms with E-state index < -0.39 is 0 Å². The Balaban J connectivity index is 1.14. The largest absolute Gasteiger partial charge is 0.228 e. The first kappa shape index (κ1) is 29.6. The number of aromatic nitrogens is 2. The van der Waals surface area contributed by atoms with Gasteiger partial charge in [0.2, 0.25) is 0 Å². The Morgan fingerprint density at radius 2 is 1.22 bits per heavy atom. The number of benzene rings is 6. The van der Waals surface area contributed by atoms with E-state index in [9.17, 15) is 5.26 Å². The molecule has 0 atom stereocenters. The van der Waals surface area contributed by atoms with Crippen molar-refractivity contribution in [3.63, 3.8) is 0 Å². The molecule has 1 aliphatic heterocycles. The maximum Gasteiger partial charge on any atom is 0.160 e. The highest BCUT2D eigenvalue weighted by Gasteiger charge is 2.33. The first-order valence-electron chi connectivity index (χ1n) is 16.3. The summed E-state index contributed by atoms with van der Waals surface area (Å²) in [7, 11) is 0. The van der Waals surface area contributed by atoms with E-state index in [-0.39, 0.29) is 5.41 Å². The van der Waals surface area contributed by atoms with Crippen LogP contribution in [0.5, 0.6) is 0 Å². The predicted molar refractivity (Wildman–Crippen MR) is 204 cm³/mol. The van der Waals surface area contributed by atoms with Crippen LogP contribution in [0.25, 0.3) is 65.2 Å². The van der Waals surface area contributed by atoms with Gasteiger partial charge < -0.3 is 0 Å². The summed E-state index contributed by atoms with van der Waals surface area (Å²) >= 11 is 3.57. The summed E-state index contributed by atoms with van der Waals surface area (Å²) in [6.07, 6.45) is 0. The fourth-order valence-corrected chi connectivity index (χ4v) is 9.51. The van der Waals surface area contributed by atoms with Crippen molar-refractivity contribution in [2.75, 3.05) is 0 Å². The van der Waals surface area contributed by atoms with Gasteiger partial charge in [-0.25, -0.2) is 9.97 Å². The molecule has 232 valence electrons. The fraction of sp³-hybridized carbons (Fsp3) is 0.0682. The molecule has 3 heterocycles. The SMILES string of the molecule is CC1(C)c2ccc(C#N)cc2Sc2ccc(-c3cccc(-c4cc(-c5ccc6c(c5)sc5ccccc56)nc(-c5ccccc5)n4)c3)cc21. The van der Waals surface area contributed by atoms with Gasteiger partial charge in [0.15, 0.2) is 5.82 Å². The van der Waals surface area contributed by atoms with Gasteiger partial charge in [-0.2, -0.15) is 5.26 Å². The van der Waals surface area contributed by atoms with Crippen LogP contribution in [-0.4, -0.2) is 9.97 Å². The summed E-state index contributed by atoms with van der Waals surface area (Å²) in [5.74, 6) is 0.709. The van der Waals surface area contributed by atoms with Crippen molar-refractivity contribution in [2.45, 2.75) is 29.1 Å². The Morgan fingerprint density at radius 1 is 0.531 bits per heavy atom. The Kier molecular flexibility index (Phi) is 6.98. The molecule has 8 aromatic rings. The summed E-state index contributed by atoms with van der Waals surface area (Å²) in [6.45, 7) is 4.56. The molecule has 0 spiro atoms. The van der Waals surface area contributed by atoms with Crippen LogP contribution >= 0.6 is 23.1 Å². The number of nitrogens with zero attached hydrogens (tertiary/aromatic N) is 3. The van der Waals surface area contributed by atoms with E-state index in [1.807, 2.05) is 41.7 Å². The molecular formula is C44H29N3S2. The number of fused-ring (bicyclic) bond motifs is 5. The summed E-state index contributed by atoms with van der Waals surface area (Å²) in [5, 5.41) is 12.0. The molecule has 5 heteroatoms. The van der Waals surface area contributed by atoms with Crippen molar-refractivity contribution in [3.05, 3.63) is 156 Å². The minimum atomic E-state index is -0.195. The monoisotopic (exact) mass is 663 g/mol. The highest BCUT2D eigenvalue weighted by molar-refractivity contribution is 7.99. The van der Waals surface area contributed by atoms with Gasteiger partial charge in [0.05, 0.1) is 23.0 Å². The average Bonchev–Trinajstić information content (AvgIpc) is 3.53. The van der Waals surface area contributed by atoms with Crippen LogP contribution < -0.4 is 0 Å². The molecule has 3 nitrogen and oxygen atoms in total. The quantitative estimate of drug-likeness (QED) is 0.188. The molecule has 0 saturated carbocycles. The molecule has 0 N–H and O–H groups in total. The minimum absolute atomic E-state index is 0.195. The van der Waals surface area contributed by atoms with Gasteiger partial charge in [-0.3, -0.25) is 0 Å². The zero-order chi connectivity index (χ0) is 33.1. The Labute approximate surface area is 293 Å². The van der Waals surface area contributed by atoms with E-state index in [0.717, 1.165) is 38.5 Å². The Bertz CT molecular complexity index is 2630. The molecule has 0 amide bonds. The third-order valence-electron chi connectivity index (χ3n) is 9.58. The summed E-state index contributed by atoms with van der Waals surface area (Å²) in [4.78, 5) is 12.6. The van der Waals surface area contributed by atoms with Crippen LogP contribution in [-0.2, 0) is 5.41 Å². The van der Waals surface area contributed by atoms with Gasteiger partial charge in [0.25, 0.3) is 0 Å². The zero-order valence-electron chi connectivity index (χ0n) is 26.9. The molecule has 6 aromatic carbocycles. The average molecular weight is 664 g/mol. The van der Waals surface area contributed by atoms with Crippen molar-refractivity contribution in [1.29, 1.82) is 5.26 Å². The second kappa shape index (κ2) is 11.6. The maximum absolute atomic E-state index is 9.47. The number of rotatable bonds is 4. The summed E-state index contributed by atoms with van der Waals surface area (Å²) < 4.78 is 2.55. The molecule has 0 radical (unpaired) electrons. The number of nitriles is 1. The van der Waals surface area contributed by atoms with Gasteiger partial charge in [-0.05, 0) is 70.8 Å². The number of thiophene rings is 1. The normalized spacial score (nSPS) is 13.2. The van der Waals surface area contributed by atoms with Crippen molar-refractivity contribution >= 4 is 43.3 Å². The van der Waals surface area contributed by atoms with E-state index in [2.05, 4.69) is 129 Å². The van der Waals surface area contributed by atoms with Crippen LogP contribution in [0.15, 0.2) is 149 Å². The summed E-state index contributed by atoms with van der Waals surface area (Å²) in [5.41, 5.74) is 10.3. The fourth-order valence-electron chi connectivity index (χ4n) is 6.95. The number of hydrogen-bond acceptors (Lipinski definition) is 5. The van der Waals surface area contributed by atoms with Crippen LogP contribution in [0.2, 0.25) is 0 Å². The van der Waals surface area contributed by atoms with E-state index in [1.165, 1.54) is 41.8 Å². The molecular weight excluding hydrogens is 635 g/mol. The highest BCUT2D eigenvalue weighted by atomic mass is 32.2. The van der Waals surface area contributed by atoms with E-state index in [0.29, 0.717) is 11.4 Å². The minimum Gasteiger partial charge on any atom is -0.228 e. The van der Waals surface area contributed by atoms with Gasteiger partial charge in [0.1, 0.15) is 0 Å². The lowest BCUT2D eigenvalue weighted by Crippen LogP contribution is -2.23. The Hall–Kier alpha value is -5.54. The molecule has 0 aliphatic carbocycles. The van der Waals surface area contributed by atoms with Crippen LogP contribution in [0.1, 0.15) is 30.5 Å². The molecule has 1 aliphatic rings. The van der Waals surface area contributed by atoms with E-state index in [4.69, 9.17) is 9.97 Å². The van der Waals surface area contributed by atoms with Crippen LogP contribution in [0.4, 0.5) is 0 Å². The lowest BCUT2D eigenvalue weighted by Gasteiger charge is -2.35. The Morgan fingerprint density at radius 3 is 2.06 bits per heavy atom. The highest BCUT2D eigenvalue weighted by Crippen LogP contribution is 2.50. The maximum atomic E-state index is 9.47. The topological polar surface area (TPSA) is 49.6 Å². The van der Waals surface area contributed by atoms with Crippen molar-refractivity contribution in [1.82, 2.24) is 9.97 Å². The van der Waals surface area contributed by atoms with Crippen molar-refractivity contribution < 1.29 is 0 Å². The third kappa shape index (κ3) is 5.12. The molecule has 49 heavy (non-hydrogen) atoms. The van der Waals surface area contributed by atoms with Crippen LogP contribution in [0.3, 0.4) is 0 Å². The third-order valence-corrected chi connectivity index (χ3v) is 11.8. The van der Waals surface area contributed by atoms with Crippen LogP contribution in [0, 0.1) is 11.3 Å². The smallest absolute Gasteiger partial charge is 0.160 e.